The summed E-state index contributed by atoms with van der Waals surface area (Å²) in [6, 6.07) is 9.50. The van der Waals surface area contributed by atoms with Crippen molar-refractivity contribution in [1.82, 2.24) is 0 Å². The number of hydrogen-bond donors (Lipinski definition) is 2. The van der Waals surface area contributed by atoms with Crippen LogP contribution in [-0.4, -0.2) is 17.2 Å². The second-order valence-corrected chi connectivity index (χ2v) is 3.93. The smallest absolute Gasteiger partial charge is 0.488 e. The van der Waals surface area contributed by atoms with E-state index in [-0.39, 0.29) is 12.2 Å². The van der Waals surface area contributed by atoms with E-state index in [1.54, 1.807) is 0 Å². The number of halogens is 2. The van der Waals surface area contributed by atoms with Crippen LogP contribution in [0.4, 0.5) is 8.78 Å². The van der Waals surface area contributed by atoms with Gasteiger partial charge in [-0.25, -0.2) is 8.78 Å². The minimum atomic E-state index is -1.56. The summed E-state index contributed by atoms with van der Waals surface area (Å²) in [6.07, 6.45) is 0. The van der Waals surface area contributed by atoms with Gasteiger partial charge in [0.1, 0.15) is 24.0 Å². The lowest BCUT2D eigenvalue weighted by Crippen LogP contribution is -2.29. The van der Waals surface area contributed by atoms with E-state index in [9.17, 15) is 8.78 Å². The van der Waals surface area contributed by atoms with Crippen LogP contribution in [0.5, 0.6) is 5.75 Å². The molecule has 2 rings (SSSR count). The Hall–Kier alpha value is -1.92. The molecule has 0 bridgehead atoms. The van der Waals surface area contributed by atoms with Crippen LogP contribution >= 0.6 is 0 Å². The van der Waals surface area contributed by atoms with E-state index in [0.29, 0.717) is 11.2 Å². The Morgan fingerprint density at radius 3 is 2.05 bits per heavy atom. The molecule has 0 aliphatic carbocycles. The normalized spacial score (nSPS) is 10.3. The summed E-state index contributed by atoms with van der Waals surface area (Å²) in [4.78, 5) is 0. The Bertz CT molecular complexity index is 538. The van der Waals surface area contributed by atoms with Crippen LogP contribution in [0.1, 0.15) is 5.56 Å². The van der Waals surface area contributed by atoms with E-state index in [2.05, 4.69) is 0 Å². The van der Waals surface area contributed by atoms with Crippen molar-refractivity contribution in [2.45, 2.75) is 6.61 Å². The monoisotopic (exact) mass is 264 g/mol. The Morgan fingerprint density at radius 1 is 0.947 bits per heavy atom. The maximum absolute atomic E-state index is 13.3. The fraction of sp³-hybridized carbons (Fsp3) is 0.0769. The predicted octanol–water partition coefficient (Wildman–Crippen LogP) is 1.22. The van der Waals surface area contributed by atoms with E-state index in [0.717, 1.165) is 12.1 Å². The zero-order valence-corrected chi connectivity index (χ0v) is 9.88. The van der Waals surface area contributed by atoms with E-state index < -0.39 is 18.8 Å². The van der Waals surface area contributed by atoms with Gasteiger partial charge in [0, 0.05) is 0 Å². The molecule has 0 saturated heterocycles. The highest BCUT2D eigenvalue weighted by atomic mass is 19.1. The predicted molar refractivity (Wildman–Crippen MR) is 67.0 cm³/mol. The SMILES string of the molecule is OB(O)c1ccc(OCc2c(F)cccc2F)cc1. The first kappa shape index (κ1) is 13.5. The second kappa shape index (κ2) is 5.82. The van der Waals surface area contributed by atoms with Gasteiger partial charge in [0.2, 0.25) is 0 Å². The maximum Gasteiger partial charge on any atom is 0.488 e. The van der Waals surface area contributed by atoms with Gasteiger partial charge in [0.25, 0.3) is 0 Å². The third kappa shape index (κ3) is 3.30. The van der Waals surface area contributed by atoms with Crippen molar-refractivity contribution in [1.29, 1.82) is 0 Å². The second-order valence-electron chi connectivity index (χ2n) is 3.93. The molecule has 0 aliphatic heterocycles. The number of ether oxygens (including phenoxy) is 1. The van der Waals surface area contributed by atoms with Crippen molar-refractivity contribution in [2.24, 2.45) is 0 Å². The average molecular weight is 264 g/mol. The molecule has 98 valence electrons. The van der Waals surface area contributed by atoms with Gasteiger partial charge in [0.05, 0.1) is 5.56 Å². The lowest BCUT2D eigenvalue weighted by Gasteiger charge is -2.08. The average Bonchev–Trinajstić information content (AvgIpc) is 2.38. The first-order chi connectivity index (χ1) is 9.08. The summed E-state index contributed by atoms with van der Waals surface area (Å²) in [7, 11) is -1.56. The number of rotatable bonds is 4. The van der Waals surface area contributed by atoms with E-state index in [4.69, 9.17) is 14.8 Å². The Labute approximate surface area is 109 Å². The zero-order chi connectivity index (χ0) is 13.8. The van der Waals surface area contributed by atoms with Crippen LogP contribution in [-0.2, 0) is 6.61 Å². The molecule has 0 radical (unpaired) electrons. The first-order valence-electron chi connectivity index (χ1n) is 5.59. The summed E-state index contributed by atoms with van der Waals surface area (Å²) in [5.74, 6) is -0.947. The van der Waals surface area contributed by atoms with Crippen LogP contribution in [0.25, 0.3) is 0 Å². The maximum atomic E-state index is 13.3. The molecule has 0 heterocycles. The molecule has 0 spiro atoms. The molecule has 0 unspecified atom stereocenters. The third-order valence-corrected chi connectivity index (χ3v) is 2.62. The molecule has 0 saturated carbocycles. The van der Waals surface area contributed by atoms with Crippen molar-refractivity contribution in [3.05, 3.63) is 59.7 Å². The molecule has 0 aliphatic rings. The largest absolute Gasteiger partial charge is 0.489 e. The van der Waals surface area contributed by atoms with Gasteiger partial charge in [-0.2, -0.15) is 0 Å². The van der Waals surface area contributed by atoms with Crippen LogP contribution in [0, 0.1) is 11.6 Å². The quantitative estimate of drug-likeness (QED) is 0.816. The number of hydrogen-bond acceptors (Lipinski definition) is 3. The van der Waals surface area contributed by atoms with Gasteiger partial charge >= 0.3 is 7.12 Å². The van der Waals surface area contributed by atoms with Crippen molar-refractivity contribution in [3.63, 3.8) is 0 Å². The molecule has 0 amide bonds. The fourth-order valence-electron chi connectivity index (χ4n) is 1.56. The minimum Gasteiger partial charge on any atom is -0.489 e. The van der Waals surface area contributed by atoms with Crippen LogP contribution in [0.15, 0.2) is 42.5 Å². The van der Waals surface area contributed by atoms with Gasteiger partial charge < -0.3 is 14.8 Å². The van der Waals surface area contributed by atoms with Gasteiger partial charge in [-0.1, -0.05) is 18.2 Å². The van der Waals surface area contributed by atoms with Gasteiger partial charge in [-0.15, -0.1) is 0 Å². The molecule has 6 heteroatoms. The van der Waals surface area contributed by atoms with Gasteiger partial charge in [0.15, 0.2) is 0 Å². The van der Waals surface area contributed by atoms with Crippen LogP contribution < -0.4 is 10.2 Å². The Kier molecular flexibility index (Phi) is 4.14. The zero-order valence-electron chi connectivity index (χ0n) is 9.88. The lowest BCUT2D eigenvalue weighted by atomic mass is 9.80. The fourth-order valence-corrected chi connectivity index (χ4v) is 1.56. The molecule has 19 heavy (non-hydrogen) atoms. The summed E-state index contributed by atoms with van der Waals surface area (Å²) in [5.41, 5.74) is 0.165. The summed E-state index contributed by atoms with van der Waals surface area (Å²) < 4.78 is 31.9. The first-order valence-corrected chi connectivity index (χ1v) is 5.59. The molecule has 2 aromatic rings. The van der Waals surface area contributed by atoms with Gasteiger partial charge in [-0.3, -0.25) is 0 Å². The van der Waals surface area contributed by atoms with E-state index in [1.807, 2.05) is 0 Å². The Morgan fingerprint density at radius 2 is 1.53 bits per heavy atom. The molecule has 3 nitrogen and oxygen atoms in total. The van der Waals surface area contributed by atoms with Crippen molar-refractivity contribution in [2.75, 3.05) is 0 Å². The van der Waals surface area contributed by atoms with Crippen molar-refractivity contribution < 1.29 is 23.6 Å². The van der Waals surface area contributed by atoms with E-state index >= 15 is 0 Å². The summed E-state index contributed by atoms with van der Waals surface area (Å²) in [6.45, 7) is -0.237. The molecule has 0 atom stereocenters. The third-order valence-electron chi connectivity index (χ3n) is 2.62. The standard InChI is InChI=1S/C13H11BF2O3/c15-12-2-1-3-13(16)11(12)8-19-10-6-4-9(5-7-10)14(17)18/h1-7,17-18H,8H2. The molecular weight excluding hydrogens is 253 g/mol. The molecule has 2 N–H and O–H groups in total. The molecule has 0 aromatic heterocycles. The molecule has 2 aromatic carbocycles. The van der Waals surface area contributed by atoms with Gasteiger partial charge in [-0.05, 0) is 29.7 Å². The van der Waals surface area contributed by atoms with Crippen molar-refractivity contribution in [3.8, 4) is 5.75 Å². The number of benzene rings is 2. The Balaban J connectivity index is 2.06. The summed E-state index contributed by atoms with van der Waals surface area (Å²) >= 11 is 0. The van der Waals surface area contributed by atoms with Crippen LogP contribution in [0.2, 0.25) is 0 Å². The summed E-state index contributed by atoms with van der Waals surface area (Å²) in [5, 5.41) is 17.8. The lowest BCUT2D eigenvalue weighted by molar-refractivity contribution is 0.292. The minimum absolute atomic E-state index is 0.145. The topological polar surface area (TPSA) is 49.7 Å². The van der Waals surface area contributed by atoms with Crippen LogP contribution in [0.3, 0.4) is 0 Å². The highest BCUT2D eigenvalue weighted by Crippen LogP contribution is 2.16. The highest BCUT2D eigenvalue weighted by molar-refractivity contribution is 6.58. The highest BCUT2D eigenvalue weighted by Gasteiger charge is 2.11. The van der Waals surface area contributed by atoms with E-state index in [1.165, 1.54) is 30.3 Å². The molecule has 0 fully saturated rings. The van der Waals surface area contributed by atoms with Crippen molar-refractivity contribution >= 4 is 12.6 Å². The molecular formula is C13H11BF2O3.